The number of amidine groups is 1. The fraction of sp³-hybridized carbons (Fsp3) is 0.833. The van der Waals surface area contributed by atoms with Crippen molar-refractivity contribution in [1.29, 1.82) is 0 Å². The summed E-state index contributed by atoms with van der Waals surface area (Å²) in [5, 5.41) is 0. The maximum absolute atomic E-state index is 11.9. The van der Waals surface area contributed by atoms with Crippen LogP contribution in [0.3, 0.4) is 0 Å². The van der Waals surface area contributed by atoms with Gasteiger partial charge in [0.25, 0.3) is 0 Å². The highest BCUT2D eigenvalue weighted by Gasteiger charge is 2.50. The van der Waals surface area contributed by atoms with Crippen LogP contribution in [0.4, 0.5) is 4.79 Å². The van der Waals surface area contributed by atoms with E-state index in [2.05, 4.69) is 25.8 Å². The molecular formula is C12H21N3O. The molecule has 0 aromatic carbocycles. The van der Waals surface area contributed by atoms with Gasteiger partial charge in [0.2, 0.25) is 0 Å². The van der Waals surface area contributed by atoms with Crippen LogP contribution in [0.1, 0.15) is 40.0 Å². The molecule has 1 atom stereocenters. The predicted molar refractivity (Wildman–Crippen MR) is 64.3 cm³/mol. The summed E-state index contributed by atoms with van der Waals surface area (Å²) in [5.74, 6) is 1.50. The summed E-state index contributed by atoms with van der Waals surface area (Å²) < 4.78 is 0. The third-order valence-electron chi connectivity index (χ3n) is 4.00. The van der Waals surface area contributed by atoms with Crippen LogP contribution < -0.4 is 5.73 Å². The lowest BCUT2D eigenvalue weighted by Gasteiger charge is -2.40. The van der Waals surface area contributed by atoms with Crippen LogP contribution in [0.25, 0.3) is 0 Å². The first-order chi connectivity index (χ1) is 7.52. The molecule has 1 fully saturated rings. The first-order valence-corrected chi connectivity index (χ1v) is 6.18. The smallest absolute Gasteiger partial charge is 0.346 e. The zero-order valence-corrected chi connectivity index (χ0v) is 10.4. The second-order valence-electron chi connectivity index (χ2n) is 5.27. The molecule has 1 aliphatic carbocycles. The first-order valence-electron chi connectivity index (χ1n) is 6.18. The summed E-state index contributed by atoms with van der Waals surface area (Å²) >= 11 is 0. The van der Waals surface area contributed by atoms with Gasteiger partial charge < -0.3 is 10.6 Å². The van der Waals surface area contributed by atoms with Gasteiger partial charge in [0.15, 0.2) is 0 Å². The fourth-order valence-corrected chi connectivity index (χ4v) is 2.76. The van der Waals surface area contributed by atoms with Crippen molar-refractivity contribution < 1.29 is 4.79 Å². The van der Waals surface area contributed by atoms with Crippen molar-refractivity contribution in [3.8, 4) is 0 Å². The number of hydrogen-bond donors (Lipinski definition) is 1. The zero-order chi connectivity index (χ0) is 11.9. The van der Waals surface area contributed by atoms with E-state index in [-0.39, 0.29) is 11.6 Å². The molecule has 1 unspecified atom stereocenters. The van der Waals surface area contributed by atoms with Crippen molar-refractivity contribution >= 4 is 11.9 Å². The molecule has 0 bridgehead atoms. The van der Waals surface area contributed by atoms with Crippen LogP contribution in [0, 0.1) is 11.8 Å². The van der Waals surface area contributed by atoms with E-state index in [1.165, 1.54) is 12.8 Å². The Bertz CT molecular complexity index is 333. The Morgan fingerprint density at radius 3 is 2.62 bits per heavy atom. The summed E-state index contributed by atoms with van der Waals surface area (Å²) in [6.07, 6.45) is 3.32. The maximum atomic E-state index is 11.9. The van der Waals surface area contributed by atoms with Crippen LogP contribution in [-0.4, -0.2) is 28.9 Å². The molecule has 1 saturated carbocycles. The Morgan fingerprint density at radius 2 is 2.19 bits per heavy atom. The zero-order valence-electron chi connectivity index (χ0n) is 10.4. The minimum absolute atomic E-state index is 0.139. The molecule has 90 valence electrons. The lowest BCUT2D eigenvalue weighted by atomic mass is 9.81. The number of carbonyl (C=O) groups is 1. The van der Waals surface area contributed by atoms with E-state index in [0.29, 0.717) is 17.7 Å². The van der Waals surface area contributed by atoms with E-state index in [1.807, 2.05) is 4.90 Å². The molecule has 16 heavy (non-hydrogen) atoms. The minimum atomic E-state index is -0.334. The number of nitrogens with two attached hydrogens (primary N) is 1. The van der Waals surface area contributed by atoms with Gasteiger partial charge in [-0.15, -0.1) is 0 Å². The first kappa shape index (κ1) is 11.4. The second kappa shape index (κ2) is 3.75. The highest BCUT2D eigenvalue weighted by molar-refractivity contribution is 6.06. The number of amides is 2. The van der Waals surface area contributed by atoms with Crippen LogP contribution in [0.15, 0.2) is 4.99 Å². The Balaban J connectivity index is 2.29. The molecule has 1 heterocycles. The predicted octanol–water partition coefficient (Wildman–Crippen LogP) is 1.99. The Kier molecular flexibility index (Phi) is 2.68. The van der Waals surface area contributed by atoms with E-state index in [4.69, 9.17) is 5.73 Å². The van der Waals surface area contributed by atoms with Crippen LogP contribution >= 0.6 is 0 Å². The Morgan fingerprint density at radius 1 is 1.56 bits per heavy atom. The largest absolute Gasteiger partial charge is 0.385 e. The molecule has 1 aliphatic heterocycles. The molecule has 2 aliphatic rings. The highest BCUT2D eigenvalue weighted by Crippen LogP contribution is 2.38. The summed E-state index contributed by atoms with van der Waals surface area (Å²) in [5.41, 5.74) is 5.66. The fourth-order valence-electron chi connectivity index (χ4n) is 2.76. The molecule has 4 nitrogen and oxygen atoms in total. The lowest BCUT2D eigenvalue weighted by Crippen LogP contribution is -2.57. The number of urea groups is 1. The number of hydrogen-bond acceptors (Lipinski definition) is 2. The third kappa shape index (κ3) is 1.51. The topological polar surface area (TPSA) is 58.7 Å². The molecule has 0 spiro atoms. The number of carbonyl (C=O) groups excluding carboxylic acids is 1. The monoisotopic (exact) mass is 223 g/mol. The van der Waals surface area contributed by atoms with Crippen LogP contribution in [0.5, 0.6) is 0 Å². The van der Waals surface area contributed by atoms with E-state index >= 15 is 0 Å². The SMILES string of the molecule is CCC1(C(C)C)C(N)=NC(=O)N1CC1CC1. The highest BCUT2D eigenvalue weighted by atomic mass is 16.2. The maximum Gasteiger partial charge on any atom is 0.346 e. The summed E-state index contributed by atoms with van der Waals surface area (Å²) in [6.45, 7) is 7.14. The Labute approximate surface area is 96.9 Å². The van der Waals surface area contributed by atoms with Crippen molar-refractivity contribution in [2.75, 3.05) is 6.54 Å². The molecule has 0 saturated heterocycles. The molecule has 2 amide bonds. The van der Waals surface area contributed by atoms with Crippen molar-refractivity contribution in [2.45, 2.75) is 45.6 Å². The molecular weight excluding hydrogens is 202 g/mol. The van der Waals surface area contributed by atoms with Gasteiger partial charge in [0.1, 0.15) is 11.4 Å². The van der Waals surface area contributed by atoms with Gasteiger partial charge in [0.05, 0.1) is 0 Å². The minimum Gasteiger partial charge on any atom is -0.385 e. The van der Waals surface area contributed by atoms with Crippen LogP contribution in [-0.2, 0) is 0 Å². The molecule has 0 aromatic rings. The molecule has 2 N–H and O–H groups in total. The quantitative estimate of drug-likeness (QED) is 0.792. The average molecular weight is 223 g/mol. The van der Waals surface area contributed by atoms with E-state index < -0.39 is 0 Å². The second-order valence-corrected chi connectivity index (χ2v) is 5.27. The third-order valence-corrected chi connectivity index (χ3v) is 4.00. The number of aliphatic imine (C=N–C) groups is 1. The summed E-state index contributed by atoms with van der Waals surface area (Å²) in [6, 6.07) is -0.139. The normalized spacial score (nSPS) is 30.1. The lowest BCUT2D eigenvalue weighted by molar-refractivity contribution is 0.133. The van der Waals surface area contributed by atoms with Gasteiger partial charge in [-0.3, -0.25) is 0 Å². The van der Waals surface area contributed by atoms with Crippen LogP contribution in [0.2, 0.25) is 0 Å². The van der Waals surface area contributed by atoms with Gasteiger partial charge in [-0.25, -0.2) is 4.79 Å². The average Bonchev–Trinajstić information content (AvgIpc) is 2.96. The molecule has 0 radical (unpaired) electrons. The molecule has 0 aromatic heterocycles. The van der Waals surface area contributed by atoms with Crippen molar-refractivity contribution in [1.82, 2.24) is 4.90 Å². The molecule has 4 heteroatoms. The van der Waals surface area contributed by atoms with Gasteiger partial charge in [-0.1, -0.05) is 20.8 Å². The number of nitrogens with zero attached hydrogens (tertiary/aromatic N) is 2. The van der Waals surface area contributed by atoms with Crippen molar-refractivity contribution in [3.05, 3.63) is 0 Å². The Hall–Kier alpha value is -1.06. The van der Waals surface area contributed by atoms with E-state index in [0.717, 1.165) is 13.0 Å². The van der Waals surface area contributed by atoms with Gasteiger partial charge in [-0.05, 0) is 31.1 Å². The molecule has 2 rings (SSSR count). The number of rotatable bonds is 4. The standard InChI is InChI=1S/C12H21N3O/c1-4-12(8(2)3)10(13)14-11(16)15(12)7-9-5-6-9/h8-9H,4-7H2,1-3H3,(H2,13,14,16). The van der Waals surface area contributed by atoms with E-state index in [9.17, 15) is 4.79 Å². The summed E-state index contributed by atoms with van der Waals surface area (Å²) in [7, 11) is 0. The van der Waals surface area contributed by atoms with Gasteiger partial charge in [0, 0.05) is 6.54 Å². The van der Waals surface area contributed by atoms with E-state index in [1.54, 1.807) is 0 Å². The van der Waals surface area contributed by atoms with Crippen molar-refractivity contribution in [3.63, 3.8) is 0 Å². The van der Waals surface area contributed by atoms with Gasteiger partial charge in [-0.2, -0.15) is 4.99 Å². The van der Waals surface area contributed by atoms with Crippen molar-refractivity contribution in [2.24, 2.45) is 22.6 Å². The van der Waals surface area contributed by atoms with Gasteiger partial charge >= 0.3 is 6.03 Å². The summed E-state index contributed by atoms with van der Waals surface area (Å²) in [4.78, 5) is 17.8.